The Hall–Kier alpha value is -1.71. The summed E-state index contributed by atoms with van der Waals surface area (Å²) in [4.78, 5) is 16.6. The number of hydrogen-bond donors (Lipinski definition) is 1. The van der Waals surface area contributed by atoms with Gasteiger partial charge in [-0.3, -0.25) is 4.79 Å². The summed E-state index contributed by atoms with van der Waals surface area (Å²) in [5.74, 6) is 0.597. The van der Waals surface area contributed by atoms with Crippen LogP contribution in [0.25, 0.3) is 0 Å². The fourth-order valence-electron chi connectivity index (χ4n) is 4.44. The molecule has 0 spiro atoms. The normalized spacial score (nSPS) is 31.0. The monoisotopic (exact) mass is 395 g/mol. The minimum Gasteiger partial charge on any atom is -0.481 e. The molecule has 3 heterocycles. The first kappa shape index (κ1) is 18.6. The predicted molar refractivity (Wildman–Crippen MR) is 96.7 cm³/mol. The van der Waals surface area contributed by atoms with Crippen LogP contribution >= 0.6 is 0 Å². The Labute approximate surface area is 159 Å². The van der Waals surface area contributed by atoms with Gasteiger partial charge in [0.1, 0.15) is 11.0 Å². The molecule has 1 N–H and O–H groups in total. The van der Waals surface area contributed by atoms with Crippen LogP contribution in [0.2, 0.25) is 0 Å². The van der Waals surface area contributed by atoms with Gasteiger partial charge in [0, 0.05) is 31.8 Å². The van der Waals surface area contributed by atoms with Crippen molar-refractivity contribution in [2.24, 2.45) is 11.8 Å². The van der Waals surface area contributed by atoms with Crippen molar-refractivity contribution in [1.29, 1.82) is 0 Å². The Morgan fingerprint density at radius 3 is 2.56 bits per heavy atom. The molecule has 2 bridgehead atoms. The zero-order chi connectivity index (χ0) is 19.0. The number of rotatable bonds is 5. The van der Waals surface area contributed by atoms with Crippen LogP contribution in [0.1, 0.15) is 25.7 Å². The van der Waals surface area contributed by atoms with E-state index in [1.54, 1.807) is 6.07 Å². The second-order valence-corrected chi connectivity index (χ2v) is 9.43. The third-order valence-electron chi connectivity index (χ3n) is 5.89. The number of pyridine rings is 1. The topological polar surface area (TPSA) is 97.8 Å². The van der Waals surface area contributed by atoms with Crippen molar-refractivity contribution in [2.75, 3.05) is 26.8 Å². The molecule has 1 aromatic rings. The van der Waals surface area contributed by atoms with E-state index in [1.807, 2.05) is 0 Å². The summed E-state index contributed by atoms with van der Waals surface area (Å²) in [5.41, 5.74) is 0. The predicted octanol–water partition coefficient (Wildman–Crippen LogP) is 0.785. The van der Waals surface area contributed by atoms with Gasteiger partial charge < -0.3 is 14.8 Å². The number of sulfonamides is 1. The van der Waals surface area contributed by atoms with Crippen LogP contribution in [-0.4, -0.2) is 62.6 Å². The third-order valence-corrected chi connectivity index (χ3v) is 7.70. The highest BCUT2D eigenvalue weighted by atomic mass is 32.2. The fraction of sp³-hybridized carbons (Fsp3) is 0.667. The highest BCUT2D eigenvalue weighted by Crippen LogP contribution is 2.39. The van der Waals surface area contributed by atoms with E-state index in [1.165, 1.54) is 23.7 Å². The molecular formula is C18H25N3O5S. The average molecular weight is 395 g/mol. The van der Waals surface area contributed by atoms with E-state index in [2.05, 4.69) is 10.3 Å². The zero-order valence-electron chi connectivity index (χ0n) is 15.3. The van der Waals surface area contributed by atoms with Crippen molar-refractivity contribution >= 4 is 15.9 Å². The van der Waals surface area contributed by atoms with Gasteiger partial charge >= 0.3 is 0 Å². The van der Waals surface area contributed by atoms with E-state index < -0.39 is 10.0 Å². The number of nitrogens with zero attached hydrogens (tertiary/aromatic N) is 2. The second-order valence-electron chi connectivity index (χ2n) is 7.49. The minimum atomic E-state index is -3.60. The van der Waals surface area contributed by atoms with Crippen molar-refractivity contribution in [3.8, 4) is 5.88 Å². The Bertz CT molecular complexity index is 778. The lowest BCUT2D eigenvalue weighted by atomic mass is 9.93. The van der Waals surface area contributed by atoms with Crippen LogP contribution in [0.15, 0.2) is 23.2 Å². The molecule has 1 amide bonds. The molecule has 2 unspecified atom stereocenters. The van der Waals surface area contributed by atoms with Crippen molar-refractivity contribution in [3.05, 3.63) is 18.3 Å². The molecule has 0 aromatic carbocycles. The first-order chi connectivity index (χ1) is 13.0. The van der Waals surface area contributed by atoms with Gasteiger partial charge in [-0.25, -0.2) is 13.4 Å². The van der Waals surface area contributed by atoms with Gasteiger partial charge in [-0.2, -0.15) is 4.31 Å². The van der Waals surface area contributed by atoms with Crippen LogP contribution < -0.4 is 10.1 Å². The lowest BCUT2D eigenvalue weighted by Gasteiger charge is -2.37. The Morgan fingerprint density at radius 1 is 1.26 bits per heavy atom. The van der Waals surface area contributed by atoms with Gasteiger partial charge in [0.2, 0.25) is 21.8 Å². The molecule has 1 aliphatic carbocycles. The summed E-state index contributed by atoms with van der Waals surface area (Å²) in [6.07, 6.45) is 4.51. The van der Waals surface area contributed by atoms with Gasteiger partial charge in [0.15, 0.2) is 0 Å². The average Bonchev–Trinajstić information content (AvgIpc) is 3.28. The number of fused-ring (bicyclic) bond motifs is 2. The number of nitrogens with one attached hydrogen (secondary N) is 1. The van der Waals surface area contributed by atoms with Crippen molar-refractivity contribution in [2.45, 2.75) is 42.7 Å². The van der Waals surface area contributed by atoms with Crippen molar-refractivity contribution in [1.82, 2.24) is 14.6 Å². The molecule has 1 saturated carbocycles. The number of carbonyl (C=O) groups is 1. The number of amides is 1. The summed E-state index contributed by atoms with van der Waals surface area (Å²) in [5, 5.41) is 3.14. The number of carbonyl (C=O) groups excluding carboxylic acids is 1. The summed E-state index contributed by atoms with van der Waals surface area (Å²) in [6, 6.07) is 3.10. The van der Waals surface area contributed by atoms with Crippen molar-refractivity contribution < 1.29 is 22.7 Å². The molecule has 1 aromatic heterocycles. The highest BCUT2D eigenvalue weighted by Gasteiger charge is 2.46. The van der Waals surface area contributed by atoms with Crippen LogP contribution in [0.4, 0.5) is 0 Å². The molecule has 148 valence electrons. The smallest absolute Gasteiger partial charge is 0.249 e. The van der Waals surface area contributed by atoms with Crippen molar-refractivity contribution in [3.63, 3.8) is 0 Å². The molecule has 27 heavy (non-hydrogen) atoms. The fourth-order valence-corrected chi connectivity index (χ4v) is 5.94. The maximum Gasteiger partial charge on any atom is 0.249 e. The highest BCUT2D eigenvalue weighted by molar-refractivity contribution is 7.89. The summed E-state index contributed by atoms with van der Waals surface area (Å²) >= 11 is 0. The Morgan fingerprint density at radius 2 is 2.00 bits per heavy atom. The molecule has 3 aliphatic rings. The number of methoxy groups -OCH3 is 1. The molecule has 3 fully saturated rings. The van der Waals surface area contributed by atoms with E-state index in [0.717, 1.165) is 25.7 Å². The minimum absolute atomic E-state index is 0.0298. The maximum absolute atomic E-state index is 13.0. The lowest BCUT2D eigenvalue weighted by molar-refractivity contribution is -0.131. The molecule has 9 heteroatoms. The number of piperidine rings is 1. The van der Waals surface area contributed by atoms with Crippen LogP contribution in [0, 0.1) is 11.8 Å². The molecule has 2 saturated heterocycles. The quantitative estimate of drug-likeness (QED) is 0.791. The van der Waals surface area contributed by atoms with Crippen LogP contribution in [0.3, 0.4) is 0 Å². The molecule has 2 aliphatic heterocycles. The largest absolute Gasteiger partial charge is 0.481 e. The van der Waals surface area contributed by atoms with Crippen LogP contribution in [-0.2, 0) is 19.6 Å². The van der Waals surface area contributed by atoms with E-state index in [-0.39, 0.29) is 34.8 Å². The first-order valence-electron chi connectivity index (χ1n) is 9.41. The van der Waals surface area contributed by atoms with E-state index in [0.29, 0.717) is 25.6 Å². The summed E-state index contributed by atoms with van der Waals surface area (Å²) in [7, 11) is -2.11. The zero-order valence-corrected chi connectivity index (χ0v) is 16.2. The second kappa shape index (κ2) is 7.37. The molecule has 0 radical (unpaired) electrons. The van der Waals surface area contributed by atoms with Gasteiger partial charge in [-0.15, -0.1) is 0 Å². The number of aromatic nitrogens is 1. The first-order valence-corrected chi connectivity index (χ1v) is 10.8. The van der Waals surface area contributed by atoms with E-state index in [9.17, 15) is 13.2 Å². The number of ether oxygens (including phenoxy) is 2. The Kier molecular flexibility index (Phi) is 5.09. The third kappa shape index (κ3) is 3.55. The number of hydrogen-bond acceptors (Lipinski definition) is 6. The SMILES string of the molecule is COc1ccc(S(=O)(=O)N2C[C@H]3CC[C@@H](C2)C3NC(=O)C2CCCO2)cn1. The van der Waals surface area contributed by atoms with Crippen LogP contribution in [0.5, 0.6) is 5.88 Å². The van der Waals surface area contributed by atoms with Gasteiger partial charge in [-0.05, 0) is 43.6 Å². The van der Waals surface area contributed by atoms with Gasteiger partial charge in [0.05, 0.1) is 13.3 Å². The molecular weight excluding hydrogens is 370 g/mol. The maximum atomic E-state index is 13.0. The Balaban J connectivity index is 1.45. The van der Waals surface area contributed by atoms with Gasteiger partial charge in [-0.1, -0.05) is 0 Å². The standard InChI is InChI=1S/C18H25N3O5S/c1-25-16-7-6-14(9-19-16)27(23,24)21-10-12-4-5-13(11-21)17(12)20-18(22)15-3-2-8-26-15/h6-7,9,12-13,15,17H,2-5,8,10-11H2,1H3,(H,20,22)/t12-,13+,15?,17?. The van der Waals surface area contributed by atoms with Gasteiger partial charge in [0.25, 0.3) is 0 Å². The summed E-state index contributed by atoms with van der Waals surface area (Å²) in [6.45, 7) is 1.47. The lowest BCUT2D eigenvalue weighted by Crippen LogP contribution is -2.55. The molecule has 8 nitrogen and oxygen atoms in total. The van der Waals surface area contributed by atoms with E-state index >= 15 is 0 Å². The molecule has 4 atom stereocenters. The van der Waals surface area contributed by atoms with E-state index in [4.69, 9.17) is 9.47 Å². The molecule has 4 rings (SSSR count). The summed E-state index contributed by atoms with van der Waals surface area (Å²) < 4.78 is 38.0.